The number of carbonyl (C=O) groups excluding carboxylic acids is 3. The minimum absolute atomic E-state index is 0.0775. The first-order valence-corrected chi connectivity index (χ1v) is 11.0. The molecule has 1 fully saturated rings. The van der Waals surface area contributed by atoms with Crippen molar-refractivity contribution in [1.29, 1.82) is 0 Å². The van der Waals surface area contributed by atoms with Crippen molar-refractivity contribution in [2.24, 2.45) is 5.92 Å². The summed E-state index contributed by atoms with van der Waals surface area (Å²) < 4.78 is 0.449. The summed E-state index contributed by atoms with van der Waals surface area (Å²) in [4.78, 5) is 54.5. The lowest BCUT2D eigenvalue weighted by Crippen LogP contribution is -2.46. The van der Waals surface area contributed by atoms with E-state index in [1.165, 1.54) is 0 Å². The van der Waals surface area contributed by atoms with Crippen LogP contribution in [-0.2, 0) is 25.6 Å². The first-order chi connectivity index (χ1) is 14.3. The van der Waals surface area contributed by atoms with Crippen molar-refractivity contribution in [3.63, 3.8) is 0 Å². The van der Waals surface area contributed by atoms with Crippen LogP contribution in [0.5, 0.6) is 0 Å². The van der Waals surface area contributed by atoms with Crippen molar-refractivity contribution in [2.45, 2.75) is 39.0 Å². The second-order valence-electron chi connectivity index (χ2n) is 7.06. The van der Waals surface area contributed by atoms with Gasteiger partial charge in [-0.1, -0.05) is 41.9 Å². The Morgan fingerprint density at radius 3 is 2.43 bits per heavy atom. The van der Waals surface area contributed by atoms with Gasteiger partial charge in [-0.2, -0.15) is 0 Å². The second kappa shape index (κ2) is 9.48. The van der Waals surface area contributed by atoms with Gasteiger partial charge in [0, 0.05) is 5.92 Å². The highest BCUT2D eigenvalue weighted by atomic mass is 79.9. The molecule has 1 aromatic carbocycles. The smallest absolute Gasteiger partial charge is 0.323 e. The molecule has 3 rings (SSSR count). The molecular weight excluding hydrogens is 474 g/mol. The number of aromatic nitrogens is 1. The van der Waals surface area contributed by atoms with Crippen LogP contribution in [-0.4, -0.2) is 33.8 Å². The second-order valence-corrected chi connectivity index (χ2v) is 9.38. The average Bonchev–Trinajstić information content (AvgIpc) is 3.33. The topological polar surface area (TPSA) is 117 Å². The molecule has 0 unspecified atom stereocenters. The zero-order valence-electron chi connectivity index (χ0n) is 16.2. The van der Waals surface area contributed by atoms with Gasteiger partial charge in [-0.15, -0.1) is 0 Å². The third-order valence-corrected chi connectivity index (χ3v) is 6.55. The number of hydrogen-bond donors (Lipinski definition) is 2. The zero-order valence-corrected chi connectivity index (χ0v) is 18.6. The predicted molar refractivity (Wildman–Crippen MR) is 115 cm³/mol. The molecule has 0 spiro atoms. The lowest BCUT2D eigenvalue weighted by atomic mass is 10.1. The number of imide groups is 1. The number of halogens is 1. The van der Waals surface area contributed by atoms with Crippen LogP contribution in [0.3, 0.4) is 0 Å². The van der Waals surface area contributed by atoms with E-state index in [-0.39, 0.29) is 29.1 Å². The summed E-state index contributed by atoms with van der Waals surface area (Å²) in [5.74, 6) is -3.75. The molecule has 0 radical (unpaired) electrons. The van der Waals surface area contributed by atoms with Gasteiger partial charge in [0.05, 0.1) is 21.6 Å². The summed E-state index contributed by atoms with van der Waals surface area (Å²) in [5.41, 5.74) is 1.54. The van der Waals surface area contributed by atoms with Crippen molar-refractivity contribution in [3.8, 4) is 0 Å². The standard InChI is InChI=1S/C20H20BrN3O5S/c1-11-6-8-13(9-7-11)24(18(28)12-4-2-3-5-12)19(29)17(27)23-20-22-14(10-15(25)26)16(21)30-20/h6-9,12H,2-5,10H2,1H3,(H,25,26)(H,22,23,27). The van der Waals surface area contributed by atoms with Gasteiger partial charge in [0.2, 0.25) is 5.91 Å². The maximum absolute atomic E-state index is 13.0. The number of thiazole rings is 1. The summed E-state index contributed by atoms with van der Waals surface area (Å²) in [6, 6.07) is 6.81. The van der Waals surface area contributed by atoms with Crippen LogP contribution < -0.4 is 10.2 Å². The average molecular weight is 494 g/mol. The molecule has 30 heavy (non-hydrogen) atoms. The molecule has 10 heteroatoms. The van der Waals surface area contributed by atoms with Crippen molar-refractivity contribution in [2.75, 3.05) is 10.2 Å². The number of carboxylic acid groups (broad SMARTS) is 1. The van der Waals surface area contributed by atoms with Crippen LogP contribution >= 0.6 is 27.3 Å². The number of hydrogen-bond acceptors (Lipinski definition) is 6. The highest BCUT2D eigenvalue weighted by Gasteiger charge is 2.35. The highest BCUT2D eigenvalue weighted by molar-refractivity contribution is 9.11. The van der Waals surface area contributed by atoms with Gasteiger partial charge in [0.1, 0.15) is 0 Å². The molecule has 2 N–H and O–H groups in total. The van der Waals surface area contributed by atoms with Crippen molar-refractivity contribution in [3.05, 3.63) is 39.3 Å². The lowest BCUT2D eigenvalue weighted by Gasteiger charge is -2.23. The molecule has 2 aromatic rings. The number of carbonyl (C=O) groups is 4. The van der Waals surface area contributed by atoms with Gasteiger partial charge in [-0.3, -0.25) is 24.5 Å². The third kappa shape index (κ3) is 5.11. The monoisotopic (exact) mass is 493 g/mol. The molecule has 1 aliphatic rings. The molecule has 0 aliphatic heterocycles. The molecule has 1 aliphatic carbocycles. The van der Waals surface area contributed by atoms with E-state index in [4.69, 9.17) is 5.11 Å². The maximum Gasteiger partial charge on any atom is 0.323 e. The van der Waals surface area contributed by atoms with Crippen LogP contribution in [0.15, 0.2) is 28.1 Å². The molecule has 8 nitrogen and oxygen atoms in total. The van der Waals surface area contributed by atoms with Crippen LogP contribution in [0, 0.1) is 12.8 Å². The summed E-state index contributed by atoms with van der Waals surface area (Å²) in [5, 5.41) is 11.4. The Hall–Kier alpha value is -2.59. The molecule has 1 aromatic heterocycles. The summed E-state index contributed by atoms with van der Waals surface area (Å²) in [6.45, 7) is 1.89. The van der Waals surface area contributed by atoms with E-state index in [1.54, 1.807) is 24.3 Å². The van der Waals surface area contributed by atoms with Crippen molar-refractivity contribution in [1.82, 2.24) is 4.98 Å². The molecule has 1 heterocycles. The lowest BCUT2D eigenvalue weighted by molar-refractivity contribution is -0.138. The fourth-order valence-corrected chi connectivity index (χ4v) is 4.68. The van der Waals surface area contributed by atoms with Gasteiger partial charge >= 0.3 is 17.8 Å². The summed E-state index contributed by atoms with van der Waals surface area (Å²) in [6.07, 6.45) is 2.88. The Labute approximate surface area is 185 Å². The van der Waals surface area contributed by atoms with Gasteiger partial charge in [0.15, 0.2) is 5.13 Å². The predicted octanol–water partition coefficient (Wildman–Crippen LogP) is 3.53. The normalized spacial score (nSPS) is 13.8. The molecule has 0 saturated heterocycles. The Morgan fingerprint density at radius 1 is 1.20 bits per heavy atom. The van der Waals surface area contributed by atoms with Crippen LogP contribution in [0.4, 0.5) is 10.8 Å². The first kappa shape index (κ1) is 22.1. The Morgan fingerprint density at radius 2 is 1.83 bits per heavy atom. The molecule has 158 valence electrons. The number of amides is 3. The van der Waals surface area contributed by atoms with E-state index in [2.05, 4.69) is 26.2 Å². The zero-order chi connectivity index (χ0) is 21.8. The van der Waals surface area contributed by atoms with Crippen LogP contribution in [0.1, 0.15) is 36.9 Å². The SMILES string of the molecule is Cc1ccc(N(C(=O)C(=O)Nc2nc(CC(=O)O)c(Br)s2)C(=O)C2CCCC2)cc1. The fraction of sp³-hybridized carbons (Fsp3) is 0.350. The van der Waals surface area contributed by atoms with Gasteiger partial charge in [-0.05, 0) is 47.8 Å². The van der Waals surface area contributed by atoms with E-state index < -0.39 is 17.8 Å². The van der Waals surface area contributed by atoms with E-state index in [0.29, 0.717) is 22.3 Å². The Balaban J connectivity index is 1.83. The number of rotatable bonds is 5. The molecule has 0 bridgehead atoms. The van der Waals surface area contributed by atoms with Crippen LogP contribution in [0.2, 0.25) is 0 Å². The number of nitrogens with zero attached hydrogens (tertiary/aromatic N) is 2. The third-order valence-electron chi connectivity index (χ3n) is 4.80. The molecule has 3 amide bonds. The van der Waals surface area contributed by atoms with Crippen LogP contribution in [0.25, 0.3) is 0 Å². The van der Waals surface area contributed by atoms with Crippen molar-refractivity contribution >= 4 is 61.8 Å². The Bertz CT molecular complexity index is 983. The number of benzene rings is 1. The van der Waals surface area contributed by atoms with Gasteiger partial charge < -0.3 is 5.11 Å². The Kier molecular flexibility index (Phi) is 6.99. The number of aliphatic carboxylic acids is 1. The number of anilines is 2. The molecule has 0 atom stereocenters. The van der Waals surface area contributed by atoms with E-state index in [1.807, 2.05) is 6.92 Å². The number of carboxylic acids is 1. The van der Waals surface area contributed by atoms with E-state index in [9.17, 15) is 19.2 Å². The molecular formula is C20H20BrN3O5S. The summed E-state index contributed by atoms with van der Waals surface area (Å²) >= 11 is 4.20. The largest absolute Gasteiger partial charge is 0.481 e. The highest BCUT2D eigenvalue weighted by Crippen LogP contribution is 2.31. The summed E-state index contributed by atoms with van der Waals surface area (Å²) in [7, 11) is 0. The minimum atomic E-state index is -1.07. The number of nitrogens with one attached hydrogen (secondary N) is 1. The molecule has 1 saturated carbocycles. The first-order valence-electron chi connectivity index (χ1n) is 9.39. The fourth-order valence-electron chi connectivity index (χ4n) is 3.28. The van der Waals surface area contributed by atoms with Gasteiger partial charge in [-0.25, -0.2) is 9.88 Å². The maximum atomic E-state index is 13.0. The quantitative estimate of drug-likeness (QED) is 0.615. The minimum Gasteiger partial charge on any atom is -0.481 e. The van der Waals surface area contributed by atoms with Gasteiger partial charge in [0.25, 0.3) is 0 Å². The van der Waals surface area contributed by atoms with E-state index >= 15 is 0 Å². The number of aryl methyl sites for hydroxylation is 1. The van der Waals surface area contributed by atoms with Crippen molar-refractivity contribution < 1.29 is 24.3 Å². The van der Waals surface area contributed by atoms with E-state index in [0.717, 1.165) is 34.6 Å².